The summed E-state index contributed by atoms with van der Waals surface area (Å²) in [5.41, 5.74) is 3.11. The van der Waals surface area contributed by atoms with Crippen LogP contribution in [0.15, 0.2) is 65.2 Å². The van der Waals surface area contributed by atoms with Gasteiger partial charge in [-0.05, 0) is 26.0 Å². The molecule has 0 saturated carbocycles. The van der Waals surface area contributed by atoms with Gasteiger partial charge in [-0.1, -0.05) is 48.0 Å². The van der Waals surface area contributed by atoms with Crippen LogP contribution in [0.1, 0.15) is 19.4 Å². The highest BCUT2D eigenvalue weighted by Gasteiger charge is 2.26. The van der Waals surface area contributed by atoms with Crippen LogP contribution < -0.4 is 10.6 Å². The molecule has 2 aromatic carbocycles. The van der Waals surface area contributed by atoms with E-state index >= 15 is 0 Å². The van der Waals surface area contributed by atoms with E-state index in [0.29, 0.717) is 23.0 Å². The molecule has 0 aliphatic carbocycles. The van der Waals surface area contributed by atoms with E-state index in [0.717, 1.165) is 16.1 Å². The third-order valence-electron chi connectivity index (χ3n) is 4.48. The van der Waals surface area contributed by atoms with Gasteiger partial charge in [-0.25, -0.2) is 4.99 Å². The average molecular weight is 330 g/mol. The normalized spacial score (nSPS) is 13.0. The molecule has 1 aliphatic rings. The molecular weight excluding hydrogens is 312 g/mol. The van der Waals surface area contributed by atoms with Gasteiger partial charge in [0.05, 0.1) is 22.0 Å². The van der Waals surface area contributed by atoms with E-state index in [4.69, 9.17) is 0 Å². The van der Waals surface area contributed by atoms with Crippen LogP contribution in [0.4, 0.5) is 0 Å². The topological polar surface area (TPSA) is 54.6 Å². The first kappa shape index (κ1) is 15.4. The molecule has 0 fully saturated rings. The number of carbonyl (C=O) groups is 1. The standard InChI is InChI=1S/C21H18N2O2/c1-13(2)11-12-23-17-10-6-4-8-15(17)19(21(23)25)18-14-7-3-5-9-16(14)22-20(18)24/h3-11,25H,12H2,1-2H3. The van der Waals surface area contributed by atoms with Gasteiger partial charge in [-0.2, -0.15) is 0 Å². The first-order chi connectivity index (χ1) is 12.1. The summed E-state index contributed by atoms with van der Waals surface area (Å²) in [6.45, 7) is 4.59. The maximum absolute atomic E-state index is 12.6. The Morgan fingerprint density at radius 3 is 2.64 bits per heavy atom. The largest absolute Gasteiger partial charge is 0.494 e. The van der Waals surface area contributed by atoms with Gasteiger partial charge in [0.25, 0.3) is 5.91 Å². The molecule has 4 rings (SSSR count). The Kier molecular flexibility index (Phi) is 3.53. The lowest BCUT2D eigenvalue weighted by Crippen LogP contribution is -2.22. The van der Waals surface area contributed by atoms with Crippen LogP contribution in [0.5, 0.6) is 5.88 Å². The second kappa shape index (κ2) is 5.74. The lowest BCUT2D eigenvalue weighted by molar-refractivity contribution is -0.112. The molecule has 0 atom stereocenters. The zero-order valence-electron chi connectivity index (χ0n) is 14.2. The highest BCUT2D eigenvalue weighted by molar-refractivity contribution is 6.24. The molecule has 0 unspecified atom stereocenters. The van der Waals surface area contributed by atoms with Crippen molar-refractivity contribution >= 4 is 22.4 Å². The number of hydrogen-bond acceptors (Lipinski definition) is 2. The zero-order valence-corrected chi connectivity index (χ0v) is 14.2. The number of para-hydroxylation sites is 2. The molecule has 1 aromatic heterocycles. The highest BCUT2D eigenvalue weighted by atomic mass is 16.3. The Hall–Kier alpha value is -3.14. The fourth-order valence-corrected chi connectivity index (χ4v) is 3.30. The lowest BCUT2D eigenvalue weighted by Gasteiger charge is -2.05. The Balaban J connectivity index is 2.08. The van der Waals surface area contributed by atoms with Gasteiger partial charge in [0.1, 0.15) is 0 Å². The molecule has 124 valence electrons. The van der Waals surface area contributed by atoms with E-state index in [9.17, 15) is 9.90 Å². The Morgan fingerprint density at radius 1 is 1.12 bits per heavy atom. The van der Waals surface area contributed by atoms with Gasteiger partial charge in [-0.15, -0.1) is 0 Å². The van der Waals surface area contributed by atoms with E-state index in [1.165, 1.54) is 5.57 Å². The minimum atomic E-state index is -0.304. The van der Waals surface area contributed by atoms with Crippen molar-refractivity contribution in [1.82, 2.24) is 4.57 Å². The van der Waals surface area contributed by atoms with Crippen LogP contribution in [-0.2, 0) is 11.3 Å². The smallest absolute Gasteiger partial charge is 0.279 e. The van der Waals surface area contributed by atoms with Crippen LogP contribution >= 0.6 is 0 Å². The molecule has 0 saturated heterocycles. The fourth-order valence-electron chi connectivity index (χ4n) is 3.30. The molecule has 25 heavy (non-hydrogen) atoms. The molecule has 4 nitrogen and oxygen atoms in total. The molecular formula is C21H18N2O2. The van der Waals surface area contributed by atoms with Gasteiger partial charge in [0, 0.05) is 17.1 Å². The summed E-state index contributed by atoms with van der Waals surface area (Å²) in [5, 5.41) is 13.2. The van der Waals surface area contributed by atoms with Crippen LogP contribution in [0, 0.1) is 0 Å². The second-order valence-electron chi connectivity index (χ2n) is 6.42. The van der Waals surface area contributed by atoms with Gasteiger partial charge < -0.3 is 9.67 Å². The Bertz CT molecular complexity index is 1160. The summed E-state index contributed by atoms with van der Waals surface area (Å²) in [5.74, 6) is -0.199. The molecule has 0 spiro atoms. The predicted molar refractivity (Wildman–Crippen MR) is 97.8 cm³/mol. The first-order valence-corrected chi connectivity index (χ1v) is 8.24. The van der Waals surface area contributed by atoms with Crippen LogP contribution in [0.3, 0.4) is 0 Å². The Labute approximate surface area is 145 Å². The second-order valence-corrected chi connectivity index (χ2v) is 6.42. The first-order valence-electron chi connectivity index (χ1n) is 8.24. The number of rotatable bonds is 3. The molecule has 0 radical (unpaired) electrons. The number of aromatic nitrogens is 1. The number of amides is 1. The molecule has 2 heterocycles. The minimum Gasteiger partial charge on any atom is -0.494 e. The van der Waals surface area contributed by atoms with Crippen molar-refractivity contribution in [2.45, 2.75) is 20.4 Å². The van der Waals surface area contributed by atoms with E-state index in [2.05, 4.69) is 11.1 Å². The summed E-state index contributed by atoms with van der Waals surface area (Å²) in [6, 6.07) is 15.2. The Morgan fingerprint density at radius 2 is 1.84 bits per heavy atom. The number of hydrogen-bond donors (Lipinski definition) is 1. The van der Waals surface area contributed by atoms with Crippen molar-refractivity contribution in [1.29, 1.82) is 0 Å². The number of benzene rings is 2. The molecule has 1 amide bonds. The number of carbonyl (C=O) groups excluding carboxylic acids is 1. The third-order valence-corrected chi connectivity index (χ3v) is 4.48. The fraction of sp³-hybridized carbons (Fsp3) is 0.143. The quantitative estimate of drug-likeness (QED) is 0.751. The van der Waals surface area contributed by atoms with Crippen molar-refractivity contribution in [3.05, 3.63) is 76.3 Å². The van der Waals surface area contributed by atoms with E-state index < -0.39 is 0 Å². The van der Waals surface area contributed by atoms with Gasteiger partial charge in [0.2, 0.25) is 5.88 Å². The molecule has 1 aliphatic heterocycles. The van der Waals surface area contributed by atoms with Crippen molar-refractivity contribution in [2.24, 2.45) is 4.99 Å². The number of nitrogens with zero attached hydrogens (tertiary/aromatic N) is 2. The SMILES string of the molecule is CC(C)=CCn1c(O)c(C2=c3ccccc3=NC2=O)c2ccccc21. The maximum atomic E-state index is 12.6. The monoisotopic (exact) mass is 330 g/mol. The van der Waals surface area contributed by atoms with Gasteiger partial charge in [0.15, 0.2) is 0 Å². The van der Waals surface area contributed by atoms with E-state index in [-0.39, 0.29) is 11.8 Å². The van der Waals surface area contributed by atoms with Crippen LogP contribution in [-0.4, -0.2) is 15.6 Å². The predicted octanol–water partition coefficient (Wildman–Crippen LogP) is 2.67. The molecule has 0 bridgehead atoms. The van der Waals surface area contributed by atoms with Crippen molar-refractivity contribution in [3.8, 4) is 5.88 Å². The van der Waals surface area contributed by atoms with Gasteiger partial charge in [-0.3, -0.25) is 4.79 Å². The number of allylic oxidation sites excluding steroid dienone is 2. The maximum Gasteiger partial charge on any atom is 0.279 e. The lowest BCUT2D eigenvalue weighted by atomic mass is 10.0. The summed E-state index contributed by atoms with van der Waals surface area (Å²) in [4.78, 5) is 16.7. The van der Waals surface area contributed by atoms with Crippen LogP contribution in [0.2, 0.25) is 0 Å². The molecule has 4 heteroatoms. The van der Waals surface area contributed by atoms with E-state index in [1.807, 2.05) is 66.9 Å². The van der Waals surface area contributed by atoms with Crippen molar-refractivity contribution in [2.75, 3.05) is 0 Å². The van der Waals surface area contributed by atoms with Crippen molar-refractivity contribution < 1.29 is 9.90 Å². The average Bonchev–Trinajstić information content (AvgIpc) is 3.06. The molecule has 1 N–H and O–H groups in total. The number of fused-ring (bicyclic) bond motifs is 2. The van der Waals surface area contributed by atoms with Gasteiger partial charge >= 0.3 is 0 Å². The van der Waals surface area contributed by atoms with E-state index in [1.54, 1.807) is 0 Å². The number of aromatic hydroxyl groups is 1. The van der Waals surface area contributed by atoms with Crippen LogP contribution in [0.25, 0.3) is 16.5 Å². The highest BCUT2D eigenvalue weighted by Crippen LogP contribution is 2.36. The third kappa shape index (κ3) is 2.38. The summed E-state index contributed by atoms with van der Waals surface area (Å²) in [7, 11) is 0. The van der Waals surface area contributed by atoms with Crippen molar-refractivity contribution in [3.63, 3.8) is 0 Å². The molecule has 3 aromatic rings. The summed E-state index contributed by atoms with van der Waals surface area (Å²) < 4.78 is 1.83. The summed E-state index contributed by atoms with van der Waals surface area (Å²) >= 11 is 0. The minimum absolute atomic E-state index is 0.106. The summed E-state index contributed by atoms with van der Waals surface area (Å²) in [6.07, 6.45) is 2.05. The zero-order chi connectivity index (χ0) is 17.6.